The number of aromatic nitrogens is 4. The molecule has 0 saturated carbocycles. The number of anilines is 2. The Bertz CT molecular complexity index is 1280. The number of hydrogen-bond donors (Lipinski definition) is 1. The minimum atomic E-state index is -0.352. The number of piperidine rings is 1. The van der Waals surface area contributed by atoms with Crippen molar-refractivity contribution in [1.29, 1.82) is 0 Å². The third-order valence-corrected chi connectivity index (χ3v) is 8.44. The van der Waals surface area contributed by atoms with Crippen molar-refractivity contribution >= 4 is 34.1 Å². The zero-order chi connectivity index (χ0) is 26.2. The van der Waals surface area contributed by atoms with Crippen LogP contribution >= 0.6 is 11.6 Å². The monoisotopic (exact) mass is 524 g/mol. The molecule has 8 nitrogen and oxygen atoms in total. The SMILES string of the molecule is C=C(CCn1cc(Nc2ncc3cc(Cl)c(C4CCN(C5(C)COC5)CC4)cc3n2)cn1)C(C)(C)OC. The Kier molecular flexibility index (Phi) is 7.29. The van der Waals surface area contributed by atoms with Gasteiger partial charge >= 0.3 is 0 Å². The molecule has 0 amide bonds. The van der Waals surface area contributed by atoms with Gasteiger partial charge in [0, 0.05) is 36.5 Å². The summed E-state index contributed by atoms with van der Waals surface area (Å²) in [6, 6.07) is 4.14. The summed E-state index contributed by atoms with van der Waals surface area (Å²) in [5.74, 6) is 0.971. The maximum absolute atomic E-state index is 6.73. The summed E-state index contributed by atoms with van der Waals surface area (Å²) in [4.78, 5) is 11.9. The highest BCUT2D eigenvalue weighted by atomic mass is 35.5. The van der Waals surface area contributed by atoms with E-state index in [0.717, 1.165) is 79.3 Å². The van der Waals surface area contributed by atoms with Crippen molar-refractivity contribution in [3.05, 3.63) is 53.5 Å². The van der Waals surface area contributed by atoms with E-state index >= 15 is 0 Å². The van der Waals surface area contributed by atoms with E-state index in [9.17, 15) is 0 Å². The molecule has 9 heteroatoms. The molecule has 0 radical (unpaired) electrons. The van der Waals surface area contributed by atoms with Crippen LogP contribution in [0.3, 0.4) is 0 Å². The molecule has 2 aromatic heterocycles. The lowest BCUT2D eigenvalue weighted by atomic mass is 9.86. The fourth-order valence-corrected chi connectivity index (χ4v) is 5.45. The molecule has 0 unspecified atom stereocenters. The highest BCUT2D eigenvalue weighted by Crippen LogP contribution is 2.38. The second-order valence-corrected chi connectivity index (χ2v) is 11.5. The Hall–Kier alpha value is -2.52. The molecule has 0 spiro atoms. The summed E-state index contributed by atoms with van der Waals surface area (Å²) in [7, 11) is 1.70. The van der Waals surface area contributed by atoms with Crippen LogP contribution in [0, 0.1) is 0 Å². The summed E-state index contributed by atoms with van der Waals surface area (Å²) in [5, 5.41) is 9.49. The molecule has 3 aromatic rings. The second kappa shape index (κ2) is 10.3. The molecule has 2 fully saturated rings. The van der Waals surface area contributed by atoms with E-state index in [4.69, 9.17) is 26.1 Å². The standard InChI is InChI=1S/C28H37ClN6O2/c1-19(27(2,3)36-5)6-11-35-16-22(15-31-35)32-26-30-14-21-12-24(29)23(13-25(21)33-26)20-7-9-34(10-8-20)28(4)17-37-18-28/h12-16,20H,1,6-11,17-18H2,2-5H3,(H,30,32,33). The van der Waals surface area contributed by atoms with E-state index in [1.54, 1.807) is 13.3 Å². The first kappa shape index (κ1) is 26.1. The average Bonchev–Trinajstić information content (AvgIpc) is 3.32. The molecular formula is C28H37ClN6O2. The van der Waals surface area contributed by atoms with Gasteiger partial charge in [-0.25, -0.2) is 9.97 Å². The van der Waals surface area contributed by atoms with E-state index in [2.05, 4.69) is 39.9 Å². The molecule has 0 atom stereocenters. The number of nitrogens with one attached hydrogen (secondary N) is 1. The van der Waals surface area contributed by atoms with Gasteiger partial charge in [-0.15, -0.1) is 0 Å². The molecular weight excluding hydrogens is 488 g/mol. The Morgan fingerprint density at radius 2 is 2.03 bits per heavy atom. The number of benzene rings is 1. The quantitative estimate of drug-likeness (QED) is 0.367. The van der Waals surface area contributed by atoms with Crippen molar-refractivity contribution in [3.63, 3.8) is 0 Å². The third-order valence-electron chi connectivity index (χ3n) is 8.12. The van der Waals surface area contributed by atoms with E-state index in [-0.39, 0.29) is 11.1 Å². The predicted molar refractivity (Wildman–Crippen MR) is 148 cm³/mol. The predicted octanol–water partition coefficient (Wildman–Crippen LogP) is 5.56. The Morgan fingerprint density at radius 3 is 2.70 bits per heavy atom. The van der Waals surface area contributed by atoms with Gasteiger partial charge in [-0.3, -0.25) is 9.58 Å². The van der Waals surface area contributed by atoms with Gasteiger partial charge in [0.2, 0.25) is 5.95 Å². The topological polar surface area (TPSA) is 77.3 Å². The maximum atomic E-state index is 6.73. The Morgan fingerprint density at radius 1 is 1.27 bits per heavy atom. The molecule has 2 saturated heterocycles. The van der Waals surface area contributed by atoms with Gasteiger partial charge in [0.1, 0.15) is 0 Å². The first-order valence-corrected chi connectivity index (χ1v) is 13.4. The van der Waals surface area contributed by atoms with Crippen molar-refractivity contribution < 1.29 is 9.47 Å². The van der Waals surface area contributed by atoms with Crippen molar-refractivity contribution in [2.75, 3.05) is 38.7 Å². The number of likely N-dealkylation sites (tertiary alicyclic amines) is 1. The number of aryl methyl sites for hydroxylation is 1. The number of hydrogen-bond acceptors (Lipinski definition) is 7. The molecule has 1 aromatic carbocycles. The first-order valence-electron chi connectivity index (χ1n) is 13.0. The van der Waals surface area contributed by atoms with Crippen molar-refractivity contribution in [2.45, 2.75) is 63.6 Å². The lowest BCUT2D eigenvalue weighted by Crippen LogP contribution is -2.61. The van der Waals surface area contributed by atoms with Gasteiger partial charge in [-0.1, -0.05) is 18.2 Å². The highest BCUT2D eigenvalue weighted by molar-refractivity contribution is 6.32. The highest BCUT2D eigenvalue weighted by Gasteiger charge is 2.41. The summed E-state index contributed by atoms with van der Waals surface area (Å²) in [6.45, 7) is 15.0. The fraction of sp³-hybridized carbons (Fsp3) is 0.536. The number of halogens is 1. The van der Waals surface area contributed by atoms with E-state index in [1.807, 2.05) is 37.0 Å². The number of rotatable bonds is 9. The van der Waals surface area contributed by atoms with Gasteiger partial charge in [-0.2, -0.15) is 5.10 Å². The van der Waals surface area contributed by atoms with Crippen LogP contribution in [-0.4, -0.2) is 69.2 Å². The van der Waals surface area contributed by atoms with Crippen LogP contribution in [0.25, 0.3) is 10.9 Å². The zero-order valence-corrected chi connectivity index (χ0v) is 23.0. The van der Waals surface area contributed by atoms with Crippen LogP contribution < -0.4 is 5.32 Å². The van der Waals surface area contributed by atoms with Gasteiger partial charge in [0.25, 0.3) is 0 Å². The third kappa shape index (κ3) is 5.53. The number of ether oxygens (including phenoxy) is 2. The first-order chi connectivity index (χ1) is 17.7. The van der Waals surface area contributed by atoms with Crippen molar-refractivity contribution in [3.8, 4) is 0 Å². The van der Waals surface area contributed by atoms with Gasteiger partial charge in [0.05, 0.1) is 41.8 Å². The van der Waals surface area contributed by atoms with Crippen LogP contribution in [-0.2, 0) is 16.0 Å². The van der Waals surface area contributed by atoms with Gasteiger partial charge in [-0.05, 0) is 82.3 Å². The molecule has 37 heavy (non-hydrogen) atoms. The van der Waals surface area contributed by atoms with E-state index < -0.39 is 0 Å². The number of nitrogens with zero attached hydrogens (tertiary/aromatic N) is 5. The van der Waals surface area contributed by atoms with Crippen LogP contribution in [0.1, 0.15) is 51.5 Å². The van der Waals surface area contributed by atoms with Crippen LogP contribution in [0.2, 0.25) is 5.02 Å². The normalized spacial score (nSPS) is 18.6. The summed E-state index contributed by atoms with van der Waals surface area (Å²) >= 11 is 6.73. The maximum Gasteiger partial charge on any atom is 0.227 e. The number of methoxy groups -OCH3 is 1. The Balaban J connectivity index is 1.25. The Labute approximate surface area is 224 Å². The smallest absolute Gasteiger partial charge is 0.227 e. The molecule has 2 aliphatic rings. The van der Waals surface area contributed by atoms with Crippen LogP contribution in [0.15, 0.2) is 42.9 Å². The molecule has 0 bridgehead atoms. The minimum absolute atomic E-state index is 0.203. The van der Waals surface area contributed by atoms with Crippen molar-refractivity contribution in [1.82, 2.24) is 24.6 Å². The largest absolute Gasteiger partial charge is 0.377 e. The van der Waals surface area contributed by atoms with Crippen LogP contribution in [0.4, 0.5) is 11.6 Å². The summed E-state index contributed by atoms with van der Waals surface area (Å²) in [5.41, 5.74) is 3.80. The lowest BCUT2D eigenvalue weighted by molar-refractivity contribution is -0.136. The second-order valence-electron chi connectivity index (χ2n) is 11.1. The fourth-order valence-electron chi connectivity index (χ4n) is 5.13. The summed E-state index contributed by atoms with van der Waals surface area (Å²) in [6.07, 6.45) is 8.52. The molecule has 198 valence electrons. The molecule has 1 N–H and O–H groups in total. The van der Waals surface area contributed by atoms with Crippen molar-refractivity contribution in [2.24, 2.45) is 0 Å². The van der Waals surface area contributed by atoms with Gasteiger partial charge < -0.3 is 14.8 Å². The molecule has 4 heterocycles. The zero-order valence-electron chi connectivity index (χ0n) is 22.3. The number of fused-ring (bicyclic) bond motifs is 1. The van der Waals surface area contributed by atoms with Gasteiger partial charge in [0.15, 0.2) is 0 Å². The van der Waals surface area contributed by atoms with E-state index in [1.165, 1.54) is 5.56 Å². The van der Waals surface area contributed by atoms with Crippen LogP contribution in [0.5, 0.6) is 0 Å². The molecule has 0 aliphatic carbocycles. The minimum Gasteiger partial charge on any atom is -0.377 e. The lowest BCUT2D eigenvalue weighted by Gasteiger charge is -2.50. The summed E-state index contributed by atoms with van der Waals surface area (Å²) < 4.78 is 12.9. The average molecular weight is 525 g/mol. The molecule has 2 aliphatic heterocycles. The van der Waals surface area contributed by atoms with E-state index in [0.29, 0.717) is 11.9 Å². The molecule has 5 rings (SSSR count).